The zero-order valence-electron chi connectivity index (χ0n) is 24.4. The van der Waals surface area contributed by atoms with E-state index in [-0.39, 0.29) is 0 Å². The number of rotatable bonds is 20. The number of carbonyl (C=O) groups excluding carboxylic acids is 1. The highest BCUT2D eigenvalue weighted by atomic mass is 32.1. The van der Waals surface area contributed by atoms with Crippen LogP contribution in [-0.4, -0.2) is 23.8 Å². The minimum atomic E-state index is -0.391. The van der Waals surface area contributed by atoms with Crippen LogP contribution in [0.5, 0.6) is 11.5 Å². The molecule has 0 aliphatic heterocycles. The summed E-state index contributed by atoms with van der Waals surface area (Å²) < 4.78 is 11.4. The molecule has 2 aromatic carbocycles. The molecule has 216 valence electrons. The first-order chi connectivity index (χ1) is 19.6. The van der Waals surface area contributed by atoms with Gasteiger partial charge < -0.3 is 9.47 Å². The Morgan fingerprint density at radius 2 is 1.32 bits per heavy atom. The predicted octanol–water partition coefficient (Wildman–Crippen LogP) is 10.3. The Balaban J connectivity index is 1.22. The van der Waals surface area contributed by atoms with Crippen molar-refractivity contribution in [1.29, 1.82) is 0 Å². The van der Waals surface area contributed by atoms with Crippen LogP contribution in [0.2, 0.25) is 0 Å². The van der Waals surface area contributed by atoms with Gasteiger partial charge in [-0.3, -0.25) is 0 Å². The number of unbranched alkanes of at least 4 members (excludes halogenated alkanes) is 13. The molecule has 40 heavy (non-hydrogen) atoms. The lowest BCUT2D eigenvalue weighted by Crippen LogP contribution is -2.08. The summed E-state index contributed by atoms with van der Waals surface area (Å²) in [7, 11) is 0. The van der Waals surface area contributed by atoms with Crippen molar-refractivity contribution in [2.45, 2.75) is 104 Å². The number of esters is 1. The van der Waals surface area contributed by atoms with Crippen LogP contribution >= 0.6 is 11.3 Å². The molecular weight excluding hydrogens is 516 g/mol. The van der Waals surface area contributed by atoms with Crippen LogP contribution in [0.1, 0.15) is 118 Å². The molecule has 3 aromatic rings. The van der Waals surface area contributed by atoms with E-state index in [4.69, 9.17) is 9.47 Å². The molecule has 6 heteroatoms. The van der Waals surface area contributed by atoms with Gasteiger partial charge in [0.05, 0.1) is 12.2 Å². The third-order valence-electron chi connectivity index (χ3n) is 6.88. The molecule has 0 bridgehead atoms. The van der Waals surface area contributed by atoms with Crippen LogP contribution in [0.25, 0.3) is 0 Å². The number of aliphatic imine (C=N–C) groups is 1. The van der Waals surface area contributed by atoms with Gasteiger partial charge in [0.15, 0.2) is 0 Å². The van der Waals surface area contributed by atoms with Crippen molar-refractivity contribution in [3.8, 4) is 11.5 Å². The molecule has 0 spiro atoms. The van der Waals surface area contributed by atoms with Gasteiger partial charge >= 0.3 is 5.97 Å². The lowest BCUT2D eigenvalue weighted by Gasteiger charge is -2.08. The fourth-order valence-electron chi connectivity index (χ4n) is 4.49. The minimum absolute atomic E-state index is 0.391. The van der Waals surface area contributed by atoms with Crippen molar-refractivity contribution in [3.63, 3.8) is 0 Å². The molecule has 0 atom stereocenters. The van der Waals surface area contributed by atoms with Gasteiger partial charge in [-0.25, -0.2) is 14.8 Å². The molecule has 1 aromatic heterocycles. The quantitative estimate of drug-likeness (QED) is 0.0595. The first-order valence-electron chi connectivity index (χ1n) is 15.2. The Labute approximate surface area is 245 Å². The molecule has 0 N–H and O–H groups in total. The fraction of sp³-hybridized carbons (Fsp3) is 0.500. The minimum Gasteiger partial charge on any atom is -0.494 e. The highest BCUT2D eigenvalue weighted by Gasteiger charge is 2.09. The van der Waals surface area contributed by atoms with Gasteiger partial charge in [-0.2, -0.15) is 0 Å². The number of aryl methyl sites for hydroxylation is 1. The number of carbonyl (C=O) groups is 1. The maximum atomic E-state index is 12.5. The van der Waals surface area contributed by atoms with E-state index in [2.05, 4.69) is 16.9 Å². The molecule has 0 saturated carbocycles. The standard InChI is InChI=1S/C34H46N2O3S/c1-3-4-5-6-7-8-9-10-11-12-13-14-15-16-25-38-31-23-19-30(20-24-31)33(37)39-32-21-17-29(18-22-32)27-36-34-35-26-28(2)40-34/h17-24,26-27H,3-16,25H2,1-2H3/b36-27+. The Morgan fingerprint density at radius 1 is 0.775 bits per heavy atom. The summed E-state index contributed by atoms with van der Waals surface area (Å²) in [5, 5.41) is 0.722. The Bertz CT molecular complexity index is 1120. The van der Waals surface area contributed by atoms with Crippen molar-refractivity contribution in [2.24, 2.45) is 4.99 Å². The van der Waals surface area contributed by atoms with Gasteiger partial charge in [-0.1, -0.05) is 90.4 Å². The van der Waals surface area contributed by atoms with Gasteiger partial charge in [0.2, 0.25) is 5.13 Å². The van der Waals surface area contributed by atoms with Gasteiger partial charge in [0.25, 0.3) is 0 Å². The van der Waals surface area contributed by atoms with Crippen LogP contribution in [0.15, 0.2) is 59.7 Å². The first kappa shape index (κ1) is 31.5. The average Bonchev–Trinajstić information content (AvgIpc) is 3.40. The summed E-state index contributed by atoms with van der Waals surface area (Å²) >= 11 is 1.54. The lowest BCUT2D eigenvalue weighted by molar-refractivity contribution is 0.0734. The second-order valence-electron chi connectivity index (χ2n) is 10.4. The van der Waals surface area contributed by atoms with Crippen molar-refractivity contribution < 1.29 is 14.3 Å². The van der Waals surface area contributed by atoms with E-state index in [0.717, 1.165) is 27.7 Å². The third kappa shape index (κ3) is 12.9. The highest BCUT2D eigenvalue weighted by Crippen LogP contribution is 2.21. The van der Waals surface area contributed by atoms with E-state index in [9.17, 15) is 4.79 Å². The summed E-state index contributed by atoms with van der Waals surface area (Å²) in [6, 6.07) is 14.4. The summed E-state index contributed by atoms with van der Waals surface area (Å²) in [5.41, 5.74) is 1.40. The fourth-order valence-corrected chi connectivity index (χ4v) is 5.10. The molecule has 0 aliphatic rings. The lowest BCUT2D eigenvalue weighted by atomic mass is 10.0. The van der Waals surface area contributed by atoms with Gasteiger partial charge in [-0.05, 0) is 67.4 Å². The predicted molar refractivity (Wildman–Crippen MR) is 168 cm³/mol. The molecule has 0 amide bonds. The normalized spacial score (nSPS) is 11.2. The smallest absolute Gasteiger partial charge is 0.343 e. The van der Waals surface area contributed by atoms with Crippen LogP contribution in [0, 0.1) is 6.92 Å². The van der Waals surface area contributed by atoms with Crippen molar-refractivity contribution in [3.05, 3.63) is 70.7 Å². The summed E-state index contributed by atoms with van der Waals surface area (Å²) in [6.07, 6.45) is 22.4. The molecular formula is C34H46N2O3S. The zero-order chi connectivity index (χ0) is 28.3. The SMILES string of the molecule is CCCCCCCCCCCCCCCCOc1ccc(C(=O)Oc2ccc(/C=N/c3ncc(C)s3)cc2)cc1. The summed E-state index contributed by atoms with van der Waals surface area (Å²) in [6.45, 7) is 4.99. The molecule has 1 heterocycles. The van der Waals surface area contributed by atoms with Crippen molar-refractivity contribution in [2.75, 3.05) is 6.61 Å². The molecule has 3 rings (SSSR count). The number of hydrogen-bond donors (Lipinski definition) is 0. The monoisotopic (exact) mass is 562 g/mol. The zero-order valence-corrected chi connectivity index (χ0v) is 25.2. The van der Waals surface area contributed by atoms with E-state index >= 15 is 0 Å². The molecule has 0 saturated heterocycles. The Kier molecular flexibility index (Phi) is 15.1. The molecule has 0 unspecified atom stereocenters. The second-order valence-corrected chi connectivity index (χ2v) is 11.7. The molecule has 0 fully saturated rings. The second kappa shape index (κ2) is 19.1. The van der Waals surface area contributed by atoms with Crippen molar-refractivity contribution in [1.82, 2.24) is 4.98 Å². The van der Waals surface area contributed by atoms with Crippen molar-refractivity contribution >= 4 is 28.7 Å². The first-order valence-corrected chi connectivity index (χ1v) is 16.0. The molecule has 0 aliphatic carbocycles. The third-order valence-corrected chi connectivity index (χ3v) is 7.70. The van der Waals surface area contributed by atoms with E-state index in [1.54, 1.807) is 48.0 Å². The number of ether oxygens (including phenoxy) is 2. The Morgan fingerprint density at radius 3 is 1.88 bits per heavy atom. The van der Waals surface area contributed by atoms with Crippen LogP contribution in [0.4, 0.5) is 5.13 Å². The largest absolute Gasteiger partial charge is 0.494 e. The topological polar surface area (TPSA) is 60.8 Å². The molecule has 5 nitrogen and oxygen atoms in total. The van der Waals surface area contributed by atoms with Gasteiger partial charge in [0, 0.05) is 17.3 Å². The van der Waals surface area contributed by atoms with E-state index < -0.39 is 5.97 Å². The number of benzene rings is 2. The summed E-state index contributed by atoms with van der Waals surface area (Å²) in [5.74, 6) is 0.883. The van der Waals surface area contributed by atoms with Crippen LogP contribution in [-0.2, 0) is 0 Å². The number of hydrogen-bond acceptors (Lipinski definition) is 6. The number of nitrogens with zero attached hydrogens (tertiary/aromatic N) is 2. The van der Waals surface area contributed by atoms with Gasteiger partial charge in [-0.15, -0.1) is 11.3 Å². The maximum absolute atomic E-state index is 12.5. The van der Waals surface area contributed by atoms with E-state index in [0.29, 0.717) is 17.9 Å². The number of thiazole rings is 1. The Hall–Kier alpha value is -2.99. The van der Waals surface area contributed by atoms with Gasteiger partial charge in [0.1, 0.15) is 11.5 Å². The summed E-state index contributed by atoms with van der Waals surface area (Å²) in [4.78, 5) is 22.2. The van der Waals surface area contributed by atoms with Crippen LogP contribution in [0.3, 0.4) is 0 Å². The number of aromatic nitrogens is 1. The molecule has 0 radical (unpaired) electrons. The van der Waals surface area contributed by atoms with E-state index in [1.165, 1.54) is 83.5 Å². The average molecular weight is 563 g/mol. The maximum Gasteiger partial charge on any atom is 0.343 e. The van der Waals surface area contributed by atoms with Crippen LogP contribution < -0.4 is 9.47 Å². The van der Waals surface area contributed by atoms with E-state index in [1.807, 2.05) is 31.2 Å². The highest BCUT2D eigenvalue weighted by molar-refractivity contribution is 7.15.